The van der Waals surface area contributed by atoms with Gasteiger partial charge in [-0.25, -0.2) is 4.79 Å². The van der Waals surface area contributed by atoms with Crippen molar-refractivity contribution in [2.45, 2.75) is 56.5 Å². The molecular formula is C25H27NO6S. The minimum Gasteiger partial charge on any atom is -0.507 e. The van der Waals surface area contributed by atoms with Gasteiger partial charge in [-0.15, -0.1) is 11.3 Å². The Hall–Kier alpha value is -2.94. The Kier molecular flexibility index (Phi) is 7.59. The summed E-state index contributed by atoms with van der Waals surface area (Å²) >= 11 is 1.54. The van der Waals surface area contributed by atoms with Crippen LogP contribution in [0.2, 0.25) is 0 Å². The standard InChI is InChI=1S/C25H27NO6S/c27-17-13-19-12-16-4-1-7-22(28)24(16)25(30)32-18(15-20(14-17)31-19)5-2-10-26-23(29)9-8-21-6-3-11-33-21/h1-4,6-11,17-20,27-28H,5,12-15H2,(H,26,29)/b9-8+,10-2+/t17-,18+,19+,20-/m1/s1. The monoisotopic (exact) mass is 469 g/mol. The van der Waals surface area contributed by atoms with Gasteiger partial charge in [0.05, 0.1) is 18.3 Å². The summed E-state index contributed by atoms with van der Waals surface area (Å²) in [7, 11) is 0. The van der Waals surface area contributed by atoms with E-state index in [2.05, 4.69) is 5.32 Å². The Bertz CT molecular complexity index is 1030. The average molecular weight is 470 g/mol. The van der Waals surface area contributed by atoms with Gasteiger partial charge in [0.25, 0.3) is 0 Å². The van der Waals surface area contributed by atoms with Gasteiger partial charge in [0.1, 0.15) is 17.4 Å². The second-order valence-electron chi connectivity index (χ2n) is 8.28. The first-order valence-electron chi connectivity index (χ1n) is 11.0. The summed E-state index contributed by atoms with van der Waals surface area (Å²) in [6.45, 7) is 0. The minimum absolute atomic E-state index is 0.134. The third-order valence-corrected chi connectivity index (χ3v) is 6.56. The van der Waals surface area contributed by atoms with E-state index < -0.39 is 18.2 Å². The molecule has 0 spiro atoms. The molecule has 2 bridgehead atoms. The number of carbonyl (C=O) groups excluding carboxylic acids is 2. The number of aromatic hydroxyl groups is 1. The van der Waals surface area contributed by atoms with Crippen LogP contribution >= 0.6 is 11.3 Å². The number of esters is 1. The predicted octanol–water partition coefficient (Wildman–Crippen LogP) is 3.57. The van der Waals surface area contributed by atoms with Crippen LogP contribution in [0.4, 0.5) is 0 Å². The van der Waals surface area contributed by atoms with E-state index in [0.29, 0.717) is 37.7 Å². The molecule has 2 aliphatic heterocycles. The Balaban J connectivity index is 1.43. The number of hydrogen-bond acceptors (Lipinski definition) is 7. The molecule has 4 atom stereocenters. The van der Waals surface area contributed by atoms with Crippen molar-refractivity contribution < 1.29 is 29.3 Å². The lowest BCUT2D eigenvalue weighted by molar-refractivity contribution is -0.115. The van der Waals surface area contributed by atoms with Gasteiger partial charge in [0.15, 0.2) is 0 Å². The molecule has 2 aliphatic rings. The average Bonchev–Trinajstić information content (AvgIpc) is 3.28. The summed E-state index contributed by atoms with van der Waals surface area (Å²) in [6, 6.07) is 8.74. The van der Waals surface area contributed by atoms with Crippen LogP contribution in [0.3, 0.4) is 0 Å². The highest BCUT2D eigenvalue weighted by Gasteiger charge is 2.34. The highest BCUT2D eigenvalue weighted by atomic mass is 32.1. The van der Waals surface area contributed by atoms with E-state index in [1.807, 2.05) is 17.5 Å². The van der Waals surface area contributed by atoms with Gasteiger partial charge in [-0.2, -0.15) is 0 Å². The largest absolute Gasteiger partial charge is 0.507 e. The number of cyclic esters (lactones) is 1. The van der Waals surface area contributed by atoms with E-state index >= 15 is 0 Å². The first kappa shape index (κ1) is 23.2. The van der Waals surface area contributed by atoms with E-state index in [0.717, 1.165) is 4.88 Å². The molecule has 1 amide bonds. The summed E-state index contributed by atoms with van der Waals surface area (Å²) in [5, 5.41) is 25.2. The molecule has 0 aliphatic carbocycles. The lowest BCUT2D eigenvalue weighted by Gasteiger charge is -2.36. The van der Waals surface area contributed by atoms with Crippen LogP contribution in [0, 0.1) is 0 Å². The number of hydrogen-bond donors (Lipinski definition) is 3. The maximum atomic E-state index is 12.9. The van der Waals surface area contributed by atoms with Crippen molar-refractivity contribution in [3.63, 3.8) is 0 Å². The smallest absolute Gasteiger partial charge is 0.342 e. The van der Waals surface area contributed by atoms with Gasteiger partial charge in [-0.1, -0.05) is 24.3 Å². The number of carbonyl (C=O) groups is 2. The highest BCUT2D eigenvalue weighted by Crippen LogP contribution is 2.32. The topological polar surface area (TPSA) is 105 Å². The third-order valence-electron chi connectivity index (χ3n) is 5.72. The molecule has 8 heteroatoms. The minimum atomic E-state index is -0.579. The van der Waals surface area contributed by atoms with Gasteiger partial charge in [-0.3, -0.25) is 4.79 Å². The Morgan fingerprint density at radius 2 is 2.03 bits per heavy atom. The molecule has 3 N–H and O–H groups in total. The number of phenols is 1. The first-order valence-corrected chi connectivity index (χ1v) is 11.9. The summed E-state index contributed by atoms with van der Waals surface area (Å²) < 4.78 is 11.9. The first-order chi connectivity index (χ1) is 16.0. The fourth-order valence-corrected chi connectivity index (χ4v) is 4.87. The van der Waals surface area contributed by atoms with Crippen LogP contribution in [-0.4, -0.2) is 46.5 Å². The molecular weight excluding hydrogens is 442 g/mol. The van der Waals surface area contributed by atoms with E-state index in [1.165, 1.54) is 18.3 Å². The second-order valence-corrected chi connectivity index (χ2v) is 9.26. The number of benzene rings is 1. The van der Waals surface area contributed by atoms with Crippen molar-refractivity contribution in [3.05, 3.63) is 70.1 Å². The molecule has 1 fully saturated rings. The van der Waals surface area contributed by atoms with Crippen molar-refractivity contribution in [1.29, 1.82) is 0 Å². The Labute approximate surface area is 196 Å². The molecule has 1 aromatic carbocycles. The van der Waals surface area contributed by atoms with E-state index in [9.17, 15) is 19.8 Å². The number of phenolic OH excluding ortho intramolecular Hbond substituents is 1. The van der Waals surface area contributed by atoms with Crippen LogP contribution in [0.1, 0.15) is 46.5 Å². The lowest BCUT2D eigenvalue weighted by atomic mass is 9.91. The summed E-state index contributed by atoms with van der Waals surface area (Å²) in [5.41, 5.74) is 0.777. The van der Waals surface area contributed by atoms with Crippen molar-refractivity contribution >= 4 is 29.3 Å². The van der Waals surface area contributed by atoms with Crippen LogP contribution in [0.15, 0.2) is 54.1 Å². The number of ether oxygens (including phenoxy) is 2. The van der Waals surface area contributed by atoms with Crippen molar-refractivity contribution in [2.75, 3.05) is 0 Å². The maximum Gasteiger partial charge on any atom is 0.342 e. The number of rotatable bonds is 5. The highest BCUT2D eigenvalue weighted by molar-refractivity contribution is 7.10. The predicted molar refractivity (Wildman–Crippen MR) is 125 cm³/mol. The fraction of sp³-hybridized carbons (Fsp3) is 0.360. The van der Waals surface area contributed by atoms with Gasteiger partial charge in [-0.05, 0) is 48.4 Å². The zero-order valence-electron chi connectivity index (χ0n) is 18.1. The van der Waals surface area contributed by atoms with Crippen molar-refractivity contribution in [3.8, 4) is 5.75 Å². The Morgan fingerprint density at radius 3 is 2.85 bits per heavy atom. The molecule has 1 aromatic heterocycles. The molecule has 0 saturated carbocycles. The molecule has 4 rings (SSSR count). The van der Waals surface area contributed by atoms with E-state index in [1.54, 1.807) is 35.6 Å². The number of fused-ring (bicyclic) bond motifs is 3. The number of aliphatic hydroxyl groups excluding tert-OH is 1. The zero-order chi connectivity index (χ0) is 23.2. The van der Waals surface area contributed by atoms with Crippen molar-refractivity contribution in [2.24, 2.45) is 0 Å². The van der Waals surface area contributed by atoms with E-state index in [-0.39, 0.29) is 29.4 Å². The maximum absolute atomic E-state index is 12.9. The number of amides is 1. The van der Waals surface area contributed by atoms with Crippen LogP contribution in [0.25, 0.3) is 6.08 Å². The van der Waals surface area contributed by atoms with Crippen LogP contribution in [-0.2, 0) is 20.7 Å². The van der Waals surface area contributed by atoms with Gasteiger partial charge in [0.2, 0.25) is 5.91 Å². The van der Waals surface area contributed by atoms with Gasteiger partial charge < -0.3 is 25.0 Å². The summed E-state index contributed by atoms with van der Waals surface area (Å²) in [5.74, 6) is -0.974. The molecule has 2 aromatic rings. The van der Waals surface area contributed by atoms with Crippen LogP contribution < -0.4 is 5.32 Å². The molecule has 174 valence electrons. The Morgan fingerprint density at radius 1 is 1.18 bits per heavy atom. The molecule has 0 radical (unpaired) electrons. The molecule has 1 saturated heterocycles. The molecule has 7 nitrogen and oxygen atoms in total. The molecule has 0 unspecified atom stereocenters. The lowest BCUT2D eigenvalue weighted by Crippen LogP contribution is -2.40. The molecule has 33 heavy (non-hydrogen) atoms. The summed E-state index contributed by atoms with van der Waals surface area (Å²) in [4.78, 5) is 25.9. The second kappa shape index (κ2) is 10.8. The normalized spacial score (nSPS) is 25.5. The van der Waals surface area contributed by atoms with Crippen molar-refractivity contribution in [1.82, 2.24) is 5.32 Å². The third kappa shape index (κ3) is 6.31. The molecule has 3 heterocycles. The summed E-state index contributed by atoms with van der Waals surface area (Å²) in [6.07, 6.45) is 7.08. The quantitative estimate of drug-likeness (QED) is 0.457. The fourth-order valence-electron chi connectivity index (χ4n) is 4.26. The zero-order valence-corrected chi connectivity index (χ0v) is 18.9. The number of thiophene rings is 1. The van der Waals surface area contributed by atoms with Gasteiger partial charge in [0, 0.05) is 30.0 Å². The number of nitrogens with one attached hydrogen (secondary N) is 1. The van der Waals surface area contributed by atoms with Crippen LogP contribution in [0.5, 0.6) is 5.75 Å². The van der Waals surface area contributed by atoms with Gasteiger partial charge >= 0.3 is 5.97 Å². The SMILES string of the molecule is O=C(/C=C/c1cccs1)N/C=C/C[C@H]1C[C@H]2C[C@H](O)C[C@H](Cc3cccc(O)c3C(=O)O1)O2. The number of aliphatic hydroxyl groups is 1. The van der Waals surface area contributed by atoms with E-state index in [4.69, 9.17) is 9.47 Å².